The monoisotopic (exact) mass is 300 g/mol. The summed E-state index contributed by atoms with van der Waals surface area (Å²) in [6, 6.07) is 0. The van der Waals surface area contributed by atoms with Gasteiger partial charge in [-0.1, -0.05) is 64.7 Å². The highest BCUT2D eigenvalue weighted by Gasteiger charge is 2.08. The summed E-state index contributed by atoms with van der Waals surface area (Å²) in [4.78, 5) is 20.9. The van der Waals surface area contributed by atoms with E-state index in [2.05, 4.69) is 6.92 Å². The van der Waals surface area contributed by atoms with Crippen molar-refractivity contribution in [2.45, 2.75) is 90.4 Å². The van der Waals surface area contributed by atoms with Crippen molar-refractivity contribution in [3.8, 4) is 0 Å². The maximum atomic E-state index is 10.5. The number of carboxylic acid groups (broad SMARTS) is 2. The third-order valence-corrected chi connectivity index (χ3v) is 4.10. The first kappa shape index (κ1) is 19.9. The van der Waals surface area contributed by atoms with Crippen LogP contribution in [0.25, 0.3) is 0 Å². The van der Waals surface area contributed by atoms with Gasteiger partial charge in [0.15, 0.2) is 0 Å². The van der Waals surface area contributed by atoms with Crippen molar-refractivity contribution in [3.05, 3.63) is 0 Å². The average Bonchev–Trinajstić information content (AvgIpc) is 2.43. The number of carboxylic acids is 2. The van der Waals surface area contributed by atoms with Gasteiger partial charge in [0, 0.05) is 12.8 Å². The molecule has 0 aliphatic rings. The summed E-state index contributed by atoms with van der Waals surface area (Å²) in [6.45, 7) is 2.14. The second-order valence-electron chi connectivity index (χ2n) is 5.97. The summed E-state index contributed by atoms with van der Waals surface area (Å²) in [5, 5.41) is 17.2. The molecule has 0 saturated heterocycles. The van der Waals surface area contributed by atoms with E-state index in [1.807, 2.05) is 0 Å². The Labute approximate surface area is 128 Å². The molecule has 0 aromatic rings. The molecule has 124 valence electrons. The molecule has 4 nitrogen and oxygen atoms in total. The Morgan fingerprint density at radius 1 is 0.714 bits per heavy atom. The number of aliphatic carboxylic acids is 2. The molecule has 0 aromatic carbocycles. The second-order valence-corrected chi connectivity index (χ2v) is 5.97. The lowest BCUT2D eigenvalue weighted by Crippen LogP contribution is -2.03. The van der Waals surface area contributed by atoms with Gasteiger partial charge in [-0.25, -0.2) is 0 Å². The van der Waals surface area contributed by atoms with Gasteiger partial charge in [-0.05, 0) is 18.8 Å². The van der Waals surface area contributed by atoms with Crippen molar-refractivity contribution in [3.63, 3.8) is 0 Å². The van der Waals surface area contributed by atoms with Gasteiger partial charge in [-0.3, -0.25) is 9.59 Å². The van der Waals surface area contributed by atoms with Gasteiger partial charge < -0.3 is 10.2 Å². The molecule has 0 heterocycles. The molecule has 0 spiro atoms. The highest BCUT2D eigenvalue weighted by atomic mass is 16.4. The Bertz CT molecular complexity index is 276. The third-order valence-electron chi connectivity index (χ3n) is 4.10. The van der Waals surface area contributed by atoms with Crippen LogP contribution < -0.4 is 0 Å². The van der Waals surface area contributed by atoms with Crippen molar-refractivity contribution in [1.82, 2.24) is 0 Å². The first-order valence-electron chi connectivity index (χ1n) is 8.49. The van der Waals surface area contributed by atoms with Crippen LogP contribution in [0.1, 0.15) is 90.4 Å². The molecular weight excluding hydrogens is 268 g/mol. The first-order chi connectivity index (χ1) is 10.1. The van der Waals surface area contributed by atoms with E-state index in [1.165, 1.54) is 32.1 Å². The van der Waals surface area contributed by atoms with Crippen LogP contribution in [0.5, 0.6) is 0 Å². The quantitative estimate of drug-likeness (QED) is 0.423. The Balaban J connectivity index is 3.30. The maximum absolute atomic E-state index is 10.5. The third kappa shape index (κ3) is 15.2. The van der Waals surface area contributed by atoms with E-state index >= 15 is 0 Å². The summed E-state index contributed by atoms with van der Waals surface area (Å²) in [5.41, 5.74) is 0. The van der Waals surface area contributed by atoms with E-state index in [-0.39, 0.29) is 0 Å². The number of unbranched alkanes of at least 4 members (excludes halogenated alkanes) is 7. The predicted octanol–water partition coefficient (Wildman–Crippen LogP) is 4.86. The zero-order valence-electron chi connectivity index (χ0n) is 13.5. The van der Waals surface area contributed by atoms with Crippen LogP contribution >= 0.6 is 0 Å². The van der Waals surface area contributed by atoms with Crippen LogP contribution in [0, 0.1) is 5.92 Å². The van der Waals surface area contributed by atoms with Crippen molar-refractivity contribution >= 4 is 11.9 Å². The van der Waals surface area contributed by atoms with E-state index in [9.17, 15) is 9.59 Å². The SMILES string of the molecule is CCC(CCCCCCCCCCC(=O)O)CCC(=O)O. The zero-order valence-corrected chi connectivity index (χ0v) is 13.5. The topological polar surface area (TPSA) is 74.6 Å². The minimum Gasteiger partial charge on any atom is -0.481 e. The van der Waals surface area contributed by atoms with Gasteiger partial charge in [0.1, 0.15) is 0 Å². The van der Waals surface area contributed by atoms with E-state index in [4.69, 9.17) is 10.2 Å². The molecule has 0 radical (unpaired) electrons. The number of carbonyl (C=O) groups is 2. The zero-order chi connectivity index (χ0) is 15.9. The molecule has 21 heavy (non-hydrogen) atoms. The Morgan fingerprint density at radius 3 is 1.67 bits per heavy atom. The molecule has 0 aliphatic carbocycles. The number of hydrogen-bond acceptors (Lipinski definition) is 2. The predicted molar refractivity (Wildman–Crippen MR) is 84.5 cm³/mol. The lowest BCUT2D eigenvalue weighted by atomic mass is 9.93. The lowest BCUT2D eigenvalue weighted by Gasteiger charge is -2.13. The molecule has 1 atom stereocenters. The summed E-state index contributed by atoms with van der Waals surface area (Å²) < 4.78 is 0. The van der Waals surface area contributed by atoms with Gasteiger partial charge >= 0.3 is 11.9 Å². The second kappa shape index (κ2) is 13.9. The van der Waals surface area contributed by atoms with Gasteiger partial charge in [-0.2, -0.15) is 0 Å². The molecule has 0 rings (SSSR count). The summed E-state index contributed by atoms with van der Waals surface area (Å²) >= 11 is 0. The fraction of sp³-hybridized carbons (Fsp3) is 0.882. The smallest absolute Gasteiger partial charge is 0.303 e. The lowest BCUT2D eigenvalue weighted by molar-refractivity contribution is -0.138. The van der Waals surface area contributed by atoms with Crippen LogP contribution in [0.15, 0.2) is 0 Å². The van der Waals surface area contributed by atoms with E-state index in [1.54, 1.807) is 0 Å². The molecule has 1 unspecified atom stereocenters. The number of hydrogen-bond donors (Lipinski definition) is 2. The van der Waals surface area contributed by atoms with E-state index in [0.29, 0.717) is 18.8 Å². The fourth-order valence-electron chi connectivity index (χ4n) is 2.65. The van der Waals surface area contributed by atoms with Crippen LogP contribution in [-0.2, 0) is 9.59 Å². The molecule has 0 fully saturated rings. The van der Waals surface area contributed by atoms with Crippen molar-refractivity contribution in [2.24, 2.45) is 5.92 Å². The van der Waals surface area contributed by atoms with Crippen molar-refractivity contribution in [2.75, 3.05) is 0 Å². The summed E-state index contributed by atoms with van der Waals surface area (Å²) in [6.07, 6.45) is 12.7. The van der Waals surface area contributed by atoms with Gasteiger partial charge in [-0.15, -0.1) is 0 Å². The van der Waals surface area contributed by atoms with Crippen LogP contribution in [0.2, 0.25) is 0 Å². The highest BCUT2D eigenvalue weighted by Crippen LogP contribution is 2.20. The molecule has 2 N–H and O–H groups in total. The van der Waals surface area contributed by atoms with Crippen LogP contribution in [-0.4, -0.2) is 22.2 Å². The van der Waals surface area contributed by atoms with Crippen molar-refractivity contribution < 1.29 is 19.8 Å². The van der Waals surface area contributed by atoms with Crippen LogP contribution in [0.3, 0.4) is 0 Å². The molecule has 0 aromatic heterocycles. The normalized spacial score (nSPS) is 12.2. The van der Waals surface area contributed by atoms with E-state index < -0.39 is 11.9 Å². The molecule has 0 amide bonds. The van der Waals surface area contributed by atoms with Gasteiger partial charge in [0.05, 0.1) is 0 Å². The van der Waals surface area contributed by atoms with Crippen LogP contribution in [0.4, 0.5) is 0 Å². The standard InChI is InChI=1S/C17H32O4/c1-2-15(13-14-17(20)21)11-9-7-5-3-4-6-8-10-12-16(18)19/h15H,2-14H2,1H3,(H,18,19)(H,20,21). The summed E-state index contributed by atoms with van der Waals surface area (Å²) in [5.74, 6) is -0.808. The van der Waals surface area contributed by atoms with Crippen molar-refractivity contribution in [1.29, 1.82) is 0 Å². The molecule has 0 bridgehead atoms. The summed E-state index contributed by atoms with van der Waals surface area (Å²) in [7, 11) is 0. The van der Waals surface area contributed by atoms with Gasteiger partial charge in [0.25, 0.3) is 0 Å². The largest absolute Gasteiger partial charge is 0.481 e. The Hall–Kier alpha value is -1.06. The molecule has 0 aliphatic heterocycles. The minimum absolute atomic E-state index is 0.300. The molecular formula is C17H32O4. The van der Waals surface area contributed by atoms with Gasteiger partial charge in [0.2, 0.25) is 0 Å². The first-order valence-corrected chi connectivity index (χ1v) is 8.49. The molecule has 4 heteroatoms. The Morgan fingerprint density at radius 2 is 1.19 bits per heavy atom. The Kier molecular flexibility index (Phi) is 13.2. The van der Waals surface area contributed by atoms with E-state index in [0.717, 1.165) is 38.5 Å². The number of rotatable bonds is 15. The fourth-order valence-corrected chi connectivity index (χ4v) is 2.65. The minimum atomic E-state index is -0.691. The average molecular weight is 300 g/mol. The highest BCUT2D eigenvalue weighted by molar-refractivity contribution is 5.66. The maximum Gasteiger partial charge on any atom is 0.303 e. The molecule has 0 saturated carbocycles.